The first-order chi connectivity index (χ1) is 10.0. The van der Waals surface area contributed by atoms with Crippen molar-refractivity contribution >= 4 is 5.91 Å². The maximum atomic E-state index is 13.9. The van der Waals surface area contributed by atoms with E-state index in [1.54, 1.807) is 26.2 Å². The van der Waals surface area contributed by atoms with Crippen molar-refractivity contribution in [2.75, 3.05) is 7.11 Å². The van der Waals surface area contributed by atoms with Gasteiger partial charge < -0.3 is 10.1 Å². The minimum absolute atomic E-state index is 0.0600. The van der Waals surface area contributed by atoms with Crippen molar-refractivity contribution in [2.45, 2.75) is 19.9 Å². The molecule has 2 rings (SSSR count). The fourth-order valence-corrected chi connectivity index (χ4v) is 2.09. The Balaban J connectivity index is 2.16. The molecule has 0 saturated carbocycles. The Kier molecular flexibility index (Phi) is 4.58. The molecule has 0 aliphatic heterocycles. The van der Waals surface area contributed by atoms with Gasteiger partial charge in [0, 0.05) is 0 Å². The van der Waals surface area contributed by atoms with Crippen molar-refractivity contribution < 1.29 is 13.9 Å². The molecule has 0 bridgehead atoms. The first-order valence-electron chi connectivity index (χ1n) is 6.73. The number of hydrogen-bond donors (Lipinski definition) is 1. The third-order valence-electron chi connectivity index (χ3n) is 3.38. The second-order valence-electron chi connectivity index (χ2n) is 4.91. The zero-order valence-corrected chi connectivity index (χ0v) is 12.3. The molecular formula is C17H18FNO2. The smallest absolute Gasteiger partial charge is 0.254 e. The second-order valence-corrected chi connectivity index (χ2v) is 4.91. The van der Waals surface area contributed by atoms with Crippen molar-refractivity contribution in [3.05, 3.63) is 65.0 Å². The van der Waals surface area contributed by atoms with E-state index in [1.165, 1.54) is 6.07 Å². The Bertz CT molecular complexity index is 655. The second kappa shape index (κ2) is 6.39. The van der Waals surface area contributed by atoms with Gasteiger partial charge in [0.2, 0.25) is 0 Å². The number of methoxy groups -OCH3 is 1. The van der Waals surface area contributed by atoms with Gasteiger partial charge in [0.05, 0.1) is 18.7 Å². The van der Waals surface area contributed by atoms with Gasteiger partial charge in [0.25, 0.3) is 5.91 Å². The van der Waals surface area contributed by atoms with E-state index in [0.29, 0.717) is 5.56 Å². The molecule has 3 nitrogen and oxygen atoms in total. The average Bonchev–Trinajstić information content (AvgIpc) is 2.49. The number of halogens is 1. The standard InChI is InChI=1S/C17H18FNO2/c1-11-6-4-9-15(16(11)18)17(20)19-12(2)13-7-5-8-14(10-13)21-3/h4-10,12H,1-3H3,(H,19,20). The number of rotatable bonds is 4. The molecule has 1 amide bonds. The minimum Gasteiger partial charge on any atom is -0.497 e. The van der Waals surface area contributed by atoms with E-state index in [4.69, 9.17) is 4.74 Å². The van der Waals surface area contributed by atoms with Gasteiger partial charge in [-0.3, -0.25) is 4.79 Å². The summed E-state index contributed by atoms with van der Waals surface area (Å²) in [5.74, 6) is -0.185. The zero-order valence-electron chi connectivity index (χ0n) is 12.3. The van der Waals surface area contributed by atoms with E-state index in [2.05, 4.69) is 5.32 Å². The number of carbonyl (C=O) groups is 1. The predicted molar refractivity (Wildman–Crippen MR) is 80.0 cm³/mol. The molecular weight excluding hydrogens is 269 g/mol. The summed E-state index contributed by atoms with van der Waals surface area (Å²) < 4.78 is 19.1. The number of amides is 1. The molecule has 2 aromatic carbocycles. The van der Waals surface area contributed by atoms with Crippen LogP contribution in [0.3, 0.4) is 0 Å². The number of benzene rings is 2. The molecule has 0 aliphatic carbocycles. The Morgan fingerprint density at radius 1 is 1.24 bits per heavy atom. The van der Waals surface area contributed by atoms with Crippen molar-refractivity contribution in [1.29, 1.82) is 0 Å². The highest BCUT2D eigenvalue weighted by molar-refractivity contribution is 5.94. The predicted octanol–water partition coefficient (Wildman–Crippen LogP) is 3.63. The summed E-state index contributed by atoms with van der Waals surface area (Å²) in [5.41, 5.74) is 1.41. The molecule has 0 aliphatic rings. The molecule has 2 aromatic rings. The monoisotopic (exact) mass is 287 g/mol. The number of ether oxygens (including phenoxy) is 1. The van der Waals surface area contributed by atoms with Crippen LogP contribution in [0.1, 0.15) is 34.5 Å². The lowest BCUT2D eigenvalue weighted by Crippen LogP contribution is -2.27. The van der Waals surface area contributed by atoms with E-state index < -0.39 is 11.7 Å². The minimum atomic E-state index is -0.479. The summed E-state index contributed by atoms with van der Waals surface area (Å²) >= 11 is 0. The zero-order chi connectivity index (χ0) is 15.4. The Morgan fingerprint density at radius 2 is 1.95 bits per heavy atom. The fourth-order valence-electron chi connectivity index (χ4n) is 2.09. The largest absolute Gasteiger partial charge is 0.497 e. The fraction of sp³-hybridized carbons (Fsp3) is 0.235. The number of hydrogen-bond acceptors (Lipinski definition) is 2. The van der Waals surface area contributed by atoms with Gasteiger partial charge in [-0.05, 0) is 43.2 Å². The quantitative estimate of drug-likeness (QED) is 0.932. The Morgan fingerprint density at radius 3 is 2.67 bits per heavy atom. The first kappa shape index (κ1) is 15.0. The maximum Gasteiger partial charge on any atom is 0.254 e. The summed E-state index contributed by atoms with van der Waals surface area (Å²) in [4.78, 5) is 12.2. The van der Waals surface area contributed by atoms with Crippen LogP contribution in [-0.4, -0.2) is 13.0 Å². The van der Waals surface area contributed by atoms with Gasteiger partial charge in [-0.1, -0.05) is 24.3 Å². The summed E-state index contributed by atoms with van der Waals surface area (Å²) in [5, 5.41) is 2.80. The molecule has 1 N–H and O–H groups in total. The van der Waals surface area contributed by atoms with E-state index in [0.717, 1.165) is 11.3 Å². The van der Waals surface area contributed by atoms with Crippen LogP contribution in [0.2, 0.25) is 0 Å². The van der Waals surface area contributed by atoms with Gasteiger partial charge in [-0.2, -0.15) is 0 Å². The molecule has 1 atom stereocenters. The van der Waals surface area contributed by atoms with Crippen molar-refractivity contribution in [3.63, 3.8) is 0 Å². The van der Waals surface area contributed by atoms with Gasteiger partial charge in [-0.15, -0.1) is 0 Å². The molecule has 21 heavy (non-hydrogen) atoms. The highest BCUT2D eigenvalue weighted by Crippen LogP contribution is 2.20. The third-order valence-corrected chi connectivity index (χ3v) is 3.38. The topological polar surface area (TPSA) is 38.3 Å². The van der Waals surface area contributed by atoms with E-state index >= 15 is 0 Å². The number of aryl methyl sites for hydroxylation is 1. The van der Waals surface area contributed by atoms with E-state index in [-0.39, 0.29) is 11.6 Å². The molecule has 0 fully saturated rings. The van der Waals surface area contributed by atoms with Crippen LogP contribution in [0.25, 0.3) is 0 Å². The number of nitrogens with one attached hydrogen (secondary N) is 1. The van der Waals surface area contributed by atoms with Crippen LogP contribution in [-0.2, 0) is 0 Å². The summed E-state index contributed by atoms with van der Waals surface area (Å²) in [6.45, 7) is 3.48. The van der Waals surface area contributed by atoms with Crippen LogP contribution >= 0.6 is 0 Å². The molecule has 0 aromatic heterocycles. The molecule has 0 saturated heterocycles. The highest BCUT2D eigenvalue weighted by atomic mass is 19.1. The SMILES string of the molecule is COc1cccc(C(C)NC(=O)c2cccc(C)c2F)c1. The summed E-state index contributed by atoms with van der Waals surface area (Å²) in [6, 6.07) is 12.0. The molecule has 0 spiro atoms. The van der Waals surface area contributed by atoms with E-state index in [1.807, 2.05) is 31.2 Å². The van der Waals surface area contributed by atoms with Crippen molar-refractivity contribution in [2.24, 2.45) is 0 Å². The molecule has 4 heteroatoms. The Labute approximate surface area is 123 Å². The maximum absolute atomic E-state index is 13.9. The summed E-state index contributed by atoms with van der Waals surface area (Å²) in [6.07, 6.45) is 0. The van der Waals surface area contributed by atoms with Crippen molar-refractivity contribution in [3.8, 4) is 5.75 Å². The summed E-state index contributed by atoms with van der Waals surface area (Å²) in [7, 11) is 1.59. The van der Waals surface area contributed by atoms with Gasteiger partial charge in [-0.25, -0.2) is 4.39 Å². The van der Waals surface area contributed by atoms with Crippen LogP contribution < -0.4 is 10.1 Å². The van der Waals surface area contributed by atoms with E-state index in [9.17, 15) is 9.18 Å². The van der Waals surface area contributed by atoms with Crippen LogP contribution in [0.15, 0.2) is 42.5 Å². The van der Waals surface area contributed by atoms with Crippen LogP contribution in [0.5, 0.6) is 5.75 Å². The van der Waals surface area contributed by atoms with Gasteiger partial charge >= 0.3 is 0 Å². The van der Waals surface area contributed by atoms with Crippen molar-refractivity contribution in [1.82, 2.24) is 5.32 Å². The lowest BCUT2D eigenvalue weighted by Gasteiger charge is -2.16. The highest BCUT2D eigenvalue weighted by Gasteiger charge is 2.16. The van der Waals surface area contributed by atoms with Crippen LogP contribution in [0, 0.1) is 12.7 Å². The molecule has 0 heterocycles. The average molecular weight is 287 g/mol. The lowest BCUT2D eigenvalue weighted by molar-refractivity contribution is 0.0935. The van der Waals surface area contributed by atoms with Gasteiger partial charge in [0.1, 0.15) is 11.6 Å². The van der Waals surface area contributed by atoms with Crippen LogP contribution in [0.4, 0.5) is 4.39 Å². The third kappa shape index (κ3) is 3.40. The molecule has 1 unspecified atom stereocenters. The molecule has 110 valence electrons. The lowest BCUT2D eigenvalue weighted by atomic mass is 10.1. The first-order valence-corrected chi connectivity index (χ1v) is 6.73. The Hall–Kier alpha value is -2.36. The normalized spacial score (nSPS) is 11.8. The number of carbonyl (C=O) groups excluding carboxylic acids is 1. The van der Waals surface area contributed by atoms with Gasteiger partial charge in [0.15, 0.2) is 0 Å². The molecule has 0 radical (unpaired) electrons.